The van der Waals surface area contributed by atoms with Crippen LogP contribution in [0.3, 0.4) is 0 Å². The van der Waals surface area contributed by atoms with Gasteiger partial charge in [-0.3, -0.25) is 0 Å². The highest BCUT2D eigenvalue weighted by Gasteiger charge is 2.38. The summed E-state index contributed by atoms with van der Waals surface area (Å²) in [6, 6.07) is 8.16. The summed E-state index contributed by atoms with van der Waals surface area (Å²) in [6.45, 7) is 0.783. The van der Waals surface area contributed by atoms with E-state index in [2.05, 4.69) is 10.6 Å². The number of hydrogen-bond donors (Lipinski definition) is 3. The van der Waals surface area contributed by atoms with Gasteiger partial charge in [0.2, 0.25) is 0 Å². The predicted molar refractivity (Wildman–Crippen MR) is 105 cm³/mol. The molecule has 0 aromatic heterocycles. The number of nitrogens with zero attached hydrogens (tertiary/aromatic N) is 1. The molecule has 3 unspecified atom stereocenters. The molecular formula is C21H27F4N3O3. The van der Waals surface area contributed by atoms with Crippen molar-refractivity contribution in [2.24, 2.45) is 0 Å². The molecule has 0 aliphatic carbocycles. The first-order valence-corrected chi connectivity index (χ1v) is 10.5. The molecule has 0 saturated carbocycles. The highest BCUT2D eigenvalue weighted by atomic mass is 19.4. The Hall–Kier alpha value is -2.36. The summed E-state index contributed by atoms with van der Waals surface area (Å²) < 4.78 is 44.9. The lowest BCUT2D eigenvalue weighted by Crippen LogP contribution is -2.52. The summed E-state index contributed by atoms with van der Waals surface area (Å²) in [4.78, 5) is 23.7. The molecule has 3 fully saturated rings. The first-order chi connectivity index (χ1) is 14.6. The molecule has 3 N–H and O–H groups in total. The second-order valence-corrected chi connectivity index (χ2v) is 8.32. The molecule has 3 atom stereocenters. The smallest absolute Gasteiger partial charge is 0.475 e. The molecule has 3 saturated heterocycles. The monoisotopic (exact) mass is 445 g/mol. The number of fused-ring (bicyclic) bond motifs is 2. The maximum Gasteiger partial charge on any atom is 0.490 e. The van der Waals surface area contributed by atoms with Crippen molar-refractivity contribution >= 4 is 12.0 Å². The van der Waals surface area contributed by atoms with Crippen LogP contribution in [-0.4, -0.2) is 52.9 Å². The maximum absolute atomic E-state index is 13.2. The fourth-order valence-corrected chi connectivity index (χ4v) is 4.64. The Morgan fingerprint density at radius 2 is 1.61 bits per heavy atom. The summed E-state index contributed by atoms with van der Waals surface area (Å²) in [5, 5.41) is 14.0. The second-order valence-electron chi connectivity index (χ2n) is 8.32. The summed E-state index contributed by atoms with van der Waals surface area (Å²) in [6.07, 6.45) is 2.58. The number of piperidine rings is 2. The molecule has 31 heavy (non-hydrogen) atoms. The quantitative estimate of drug-likeness (QED) is 0.602. The fraction of sp³-hybridized carbons (Fsp3) is 0.619. The lowest BCUT2D eigenvalue weighted by molar-refractivity contribution is -0.192. The van der Waals surface area contributed by atoms with Gasteiger partial charge < -0.3 is 20.6 Å². The molecule has 0 spiro atoms. The molecule has 2 bridgehead atoms. The highest BCUT2D eigenvalue weighted by molar-refractivity contribution is 5.75. The van der Waals surface area contributed by atoms with Gasteiger partial charge in [0.15, 0.2) is 0 Å². The number of benzene rings is 1. The zero-order valence-electron chi connectivity index (χ0n) is 17.0. The Morgan fingerprint density at radius 1 is 1.03 bits per heavy atom. The van der Waals surface area contributed by atoms with E-state index in [1.165, 1.54) is 25.0 Å². The standard InChI is InChI=1S/C19H26FN3O.C2HF3O2/c20-14-6-4-13(5-7-14)18-3-1-2-10-23(18)19(24)22-17-11-15-8-9-16(12-17)21-15;3-2(4,5)1(6)7/h4-7,15-18,21H,1-3,8-12H2,(H,22,24);(H,6,7). The van der Waals surface area contributed by atoms with Crippen molar-refractivity contribution in [2.75, 3.05) is 6.54 Å². The molecule has 2 amide bonds. The Kier molecular flexibility index (Phi) is 7.40. The highest BCUT2D eigenvalue weighted by Crippen LogP contribution is 2.32. The Morgan fingerprint density at radius 3 is 2.16 bits per heavy atom. The number of alkyl halides is 3. The number of carbonyl (C=O) groups is 2. The van der Waals surface area contributed by atoms with Crippen molar-refractivity contribution in [2.45, 2.75) is 75.3 Å². The van der Waals surface area contributed by atoms with E-state index in [1.54, 1.807) is 0 Å². The van der Waals surface area contributed by atoms with Crippen LogP contribution in [0, 0.1) is 5.82 Å². The van der Waals surface area contributed by atoms with Gasteiger partial charge in [-0.1, -0.05) is 12.1 Å². The van der Waals surface area contributed by atoms with Crippen molar-refractivity contribution in [3.05, 3.63) is 35.6 Å². The van der Waals surface area contributed by atoms with E-state index in [0.29, 0.717) is 12.1 Å². The van der Waals surface area contributed by atoms with Crippen molar-refractivity contribution in [3.63, 3.8) is 0 Å². The first kappa shape index (κ1) is 23.3. The molecule has 1 aromatic rings. The van der Waals surface area contributed by atoms with Crippen LogP contribution in [0.1, 0.15) is 56.6 Å². The van der Waals surface area contributed by atoms with E-state index < -0.39 is 12.1 Å². The van der Waals surface area contributed by atoms with Gasteiger partial charge in [-0.25, -0.2) is 14.0 Å². The number of hydrogen-bond acceptors (Lipinski definition) is 3. The summed E-state index contributed by atoms with van der Waals surface area (Å²) in [5.41, 5.74) is 1.04. The molecule has 10 heteroatoms. The van der Waals surface area contributed by atoms with Crippen LogP contribution in [0.2, 0.25) is 0 Å². The molecule has 172 valence electrons. The van der Waals surface area contributed by atoms with E-state index in [4.69, 9.17) is 9.90 Å². The molecule has 1 aromatic carbocycles. The van der Waals surface area contributed by atoms with E-state index in [9.17, 15) is 22.4 Å². The van der Waals surface area contributed by atoms with Crippen LogP contribution < -0.4 is 10.6 Å². The van der Waals surface area contributed by atoms with Gasteiger partial charge in [0.05, 0.1) is 6.04 Å². The Bertz CT molecular complexity index is 760. The third-order valence-electron chi connectivity index (χ3n) is 6.06. The molecule has 4 rings (SSSR count). The minimum Gasteiger partial charge on any atom is -0.475 e. The topological polar surface area (TPSA) is 81.7 Å². The molecule has 0 radical (unpaired) electrons. The van der Waals surface area contributed by atoms with Crippen LogP contribution in [-0.2, 0) is 4.79 Å². The number of carboxylic acids is 1. The largest absolute Gasteiger partial charge is 0.490 e. The summed E-state index contributed by atoms with van der Waals surface area (Å²) in [7, 11) is 0. The van der Waals surface area contributed by atoms with Crippen LogP contribution in [0.25, 0.3) is 0 Å². The van der Waals surface area contributed by atoms with Crippen LogP contribution in [0.4, 0.5) is 22.4 Å². The van der Waals surface area contributed by atoms with Crippen molar-refractivity contribution < 1.29 is 32.3 Å². The van der Waals surface area contributed by atoms with E-state index in [-0.39, 0.29) is 23.9 Å². The minimum absolute atomic E-state index is 0.0512. The number of aliphatic carboxylic acids is 1. The third-order valence-corrected chi connectivity index (χ3v) is 6.06. The summed E-state index contributed by atoms with van der Waals surface area (Å²) in [5.74, 6) is -2.98. The van der Waals surface area contributed by atoms with Crippen molar-refractivity contribution in [1.29, 1.82) is 0 Å². The van der Waals surface area contributed by atoms with E-state index in [1.807, 2.05) is 17.0 Å². The van der Waals surface area contributed by atoms with Gasteiger partial charge in [0, 0.05) is 24.7 Å². The second kappa shape index (κ2) is 9.84. The summed E-state index contributed by atoms with van der Waals surface area (Å²) >= 11 is 0. The Labute approximate surface area is 178 Å². The zero-order chi connectivity index (χ0) is 22.6. The van der Waals surface area contributed by atoms with Gasteiger partial charge >= 0.3 is 18.2 Å². The van der Waals surface area contributed by atoms with Gasteiger partial charge in [-0.15, -0.1) is 0 Å². The maximum atomic E-state index is 13.2. The van der Waals surface area contributed by atoms with Crippen LogP contribution in [0.5, 0.6) is 0 Å². The lowest BCUT2D eigenvalue weighted by Gasteiger charge is -2.38. The molecule has 3 heterocycles. The number of likely N-dealkylation sites (tertiary alicyclic amines) is 1. The minimum atomic E-state index is -5.08. The van der Waals surface area contributed by atoms with Crippen LogP contribution >= 0.6 is 0 Å². The fourth-order valence-electron chi connectivity index (χ4n) is 4.64. The third kappa shape index (κ3) is 6.32. The predicted octanol–water partition coefficient (Wildman–Crippen LogP) is 3.98. The number of halogens is 4. The average Bonchev–Trinajstić information content (AvgIpc) is 3.06. The molecule has 3 aliphatic rings. The average molecular weight is 445 g/mol. The Balaban J connectivity index is 0.000000339. The molecule has 3 aliphatic heterocycles. The van der Waals surface area contributed by atoms with Gasteiger partial charge in [-0.2, -0.15) is 13.2 Å². The van der Waals surface area contributed by atoms with Crippen LogP contribution in [0.15, 0.2) is 24.3 Å². The molecule has 6 nitrogen and oxygen atoms in total. The zero-order valence-corrected chi connectivity index (χ0v) is 17.0. The number of nitrogens with one attached hydrogen (secondary N) is 2. The SMILES string of the molecule is O=C(NC1CC2CCC(C1)N2)N1CCCCC1c1ccc(F)cc1.O=C(O)C(F)(F)F. The number of amides is 2. The van der Waals surface area contributed by atoms with Crippen molar-refractivity contribution in [1.82, 2.24) is 15.5 Å². The van der Waals surface area contributed by atoms with Crippen molar-refractivity contribution in [3.8, 4) is 0 Å². The molecular weight excluding hydrogens is 418 g/mol. The number of rotatable bonds is 2. The lowest BCUT2D eigenvalue weighted by atomic mass is 9.95. The van der Waals surface area contributed by atoms with Gasteiger partial charge in [0.1, 0.15) is 5.82 Å². The van der Waals surface area contributed by atoms with Gasteiger partial charge in [0.25, 0.3) is 0 Å². The first-order valence-electron chi connectivity index (χ1n) is 10.5. The normalized spacial score (nSPS) is 27.8. The van der Waals surface area contributed by atoms with E-state index in [0.717, 1.165) is 44.2 Å². The number of urea groups is 1. The number of carboxylic acid groups (broad SMARTS) is 1. The van der Waals surface area contributed by atoms with E-state index >= 15 is 0 Å². The van der Waals surface area contributed by atoms with Gasteiger partial charge in [-0.05, 0) is 62.6 Å². The number of carbonyl (C=O) groups excluding carboxylic acids is 1.